The van der Waals surface area contributed by atoms with Crippen LogP contribution >= 0.6 is 12.4 Å². The van der Waals surface area contributed by atoms with Crippen LogP contribution in [0.15, 0.2) is 47.0 Å². The third-order valence-electron chi connectivity index (χ3n) is 5.05. The predicted octanol–water partition coefficient (Wildman–Crippen LogP) is 4.92. The van der Waals surface area contributed by atoms with Crippen LogP contribution in [0.4, 0.5) is 11.4 Å². The van der Waals surface area contributed by atoms with E-state index in [1.54, 1.807) is 0 Å². The Hall–Kier alpha value is -2.86. The van der Waals surface area contributed by atoms with E-state index in [1.807, 2.05) is 47.4 Å². The summed E-state index contributed by atoms with van der Waals surface area (Å²) in [6.07, 6.45) is 2.49. The normalized spacial score (nSPS) is 13.5. The summed E-state index contributed by atoms with van der Waals surface area (Å²) >= 11 is 0. The van der Waals surface area contributed by atoms with Crippen molar-refractivity contribution >= 4 is 29.7 Å². The molecule has 30 heavy (non-hydrogen) atoms. The van der Waals surface area contributed by atoms with Gasteiger partial charge >= 0.3 is 0 Å². The number of halogens is 1. The van der Waals surface area contributed by atoms with Gasteiger partial charge in [-0.25, -0.2) is 0 Å². The van der Waals surface area contributed by atoms with Gasteiger partial charge in [0, 0.05) is 35.5 Å². The monoisotopic (exact) mass is 426 g/mol. The predicted molar refractivity (Wildman–Crippen MR) is 121 cm³/mol. The summed E-state index contributed by atoms with van der Waals surface area (Å²) in [4.78, 5) is 19.6. The third-order valence-corrected chi connectivity index (χ3v) is 5.05. The minimum absolute atomic E-state index is 0. The summed E-state index contributed by atoms with van der Waals surface area (Å²) < 4.78 is 5.40. The van der Waals surface area contributed by atoms with Gasteiger partial charge in [-0.15, -0.1) is 12.4 Å². The molecule has 2 heterocycles. The molecule has 0 bridgehead atoms. The molecule has 0 fully saturated rings. The first-order valence-corrected chi connectivity index (χ1v) is 9.94. The Morgan fingerprint density at radius 1 is 1.20 bits per heavy atom. The van der Waals surface area contributed by atoms with E-state index in [-0.39, 0.29) is 23.7 Å². The van der Waals surface area contributed by atoms with Crippen molar-refractivity contribution in [1.82, 2.24) is 10.1 Å². The Bertz CT molecular complexity index is 1060. The fourth-order valence-corrected chi connectivity index (χ4v) is 3.71. The van der Waals surface area contributed by atoms with Crippen LogP contribution < -0.4 is 10.6 Å². The van der Waals surface area contributed by atoms with Gasteiger partial charge in [-0.05, 0) is 48.1 Å². The van der Waals surface area contributed by atoms with E-state index >= 15 is 0 Å². The molecular formula is C23H27ClN4O2. The molecule has 1 aliphatic rings. The smallest absolute Gasteiger partial charge is 0.258 e. The molecule has 1 aromatic heterocycles. The van der Waals surface area contributed by atoms with Crippen molar-refractivity contribution in [3.63, 3.8) is 0 Å². The lowest BCUT2D eigenvalue weighted by atomic mass is 9.92. The van der Waals surface area contributed by atoms with E-state index in [2.05, 4.69) is 30.9 Å². The highest BCUT2D eigenvalue weighted by molar-refractivity contribution is 6.07. The topological polar surface area (TPSA) is 85.2 Å². The van der Waals surface area contributed by atoms with Gasteiger partial charge in [0.05, 0.1) is 0 Å². The fourth-order valence-electron chi connectivity index (χ4n) is 3.71. The molecule has 158 valence electrons. The number of fused-ring (bicyclic) bond motifs is 1. The summed E-state index contributed by atoms with van der Waals surface area (Å²) in [6, 6.07) is 13.1. The van der Waals surface area contributed by atoms with E-state index < -0.39 is 0 Å². The second-order valence-corrected chi connectivity index (χ2v) is 8.74. The van der Waals surface area contributed by atoms with Gasteiger partial charge in [-0.1, -0.05) is 44.1 Å². The first-order chi connectivity index (χ1) is 13.8. The largest absolute Gasteiger partial charge is 0.398 e. The second kappa shape index (κ2) is 8.48. The molecule has 0 spiro atoms. The van der Waals surface area contributed by atoms with Gasteiger partial charge in [0.15, 0.2) is 0 Å². The number of carbonyl (C=O) groups excluding carboxylic acids is 1. The van der Waals surface area contributed by atoms with Crippen LogP contribution in [0, 0.1) is 5.41 Å². The van der Waals surface area contributed by atoms with E-state index in [9.17, 15) is 4.79 Å². The number of amides is 1. The van der Waals surface area contributed by atoms with Crippen molar-refractivity contribution in [3.8, 4) is 11.4 Å². The zero-order chi connectivity index (χ0) is 20.6. The Kier molecular flexibility index (Phi) is 6.17. The van der Waals surface area contributed by atoms with Crippen LogP contribution in [0.25, 0.3) is 11.4 Å². The van der Waals surface area contributed by atoms with Crippen LogP contribution in [0.2, 0.25) is 0 Å². The van der Waals surface area contributed by atoms with Crippen molar-refractivity contribution in [2.45, 2.75) is 40.0 Å². The van der Waals surface area contributed by atoms with E-state index in [1.165, 1.54) is 0 Å². The number of nitrogens with two attached hydrogens (primary N) is 1. The van der Waals surface area contributed by atoms with Gasteiger partial charge in [0.1, 0.15) is 0 Å². The number of rotatable bonds is 3. The number of nitrogens with zero attached hydrogens (tertiary/aromatic N) is 3. The Morgan fingerprint density at radius 3 is 2.73 bits per heavy atom. The summed E-state index contributed by atoms with van der Waals surface area (Å²) in [5.74, 6) is 1.06. The zero-order valence-corrected chi connectivity index (χ0v) is 18.3. The van der Waals surface area contributed by atoms with E-state index in [0.717, 1.165) is 35.3 Å². The number of aromatic nitrogens is 2. The van der Waals surface area contributed by atoms with E-state index in [0.29, 0.717) is 30.2 Å². The zero-order valence-electron chi connectivity index (χ0n) is 17.5. The Morgan fingerprint density at radius 2 is 1.97 bits per heavy atom. The molecule has 0 saturated carbocycles. The lowest BCUT2D eigenvalue weighted by Crippen LogP contribution is -2.35. The highest BCUT2D eigenvalue weighted by atomic mass is 35.5. The van der Waals surface area contributed by atoms with Crippen LogP contribution in [0.5, 0.6) is 0 Å². The molecule has 7 heteroatoms. The van der Waals surface area contributed by atoms with Crippen LogP contribution in [0.1, 0.15) is 49.0 Å². The first kappa shape index (κ1) is 21.8. The summed E-state index contributed by atoms with van der Waals surface area (Å²) in [6.45, 7) is 7.05. The van der Waals surface area contributed by atoms with Crippen molar-refractivity contribution in [3.05, 3.63) is 59.5 Å². The van der Waals surface area contributed by atoms with Crippen molar-refractivity contribution in [2.24, 2.45) is 5.41 Å². The van der Waals surface area contributed by atoms with Crippen molar-refractivity contribution in [1.29, 1.82) is 0 Å². The molecular weight excluding hydrogens is 400 g/mol. The number of nitrogen functional groups attached to an aromatic ring is 1. The highest BCUT2D eigenvalue weighted by Gasteiger charge is 2.25. The molecule has 0 atom stereocenters. The molecule has 0 aliphatic carbocycles. The summed E-state index contributed by atoms with van der Waals surface area (Å²) in [5.41, 5.74) is 10.2. The maximum Gasteiger partial charge on any atom is 0.258 e. The number of anilines is 2. The van der Waals surface area contributed by atoms with Crippen LogP contribution in [-0.4, -0.2) is 22.6 Å². The lowest BCUT2D eigenvalue weighted by molar-refractivity contribution is 0.0985. The molecule has 1 amide bonds. The Balaban J connectivity index is 0.00000256. The van der Waals surface area contributed by atoms with Gasteiger partial charge in [0.25, 0.3) is 5.91 Å². The van der Waals surface area contributed by atoms with Gasteiger partial charge < -0.3 is 15.2 Å². The average molecular weight is 427 g/mol. The Labute approximate surface area is 182 Å². The molecule has 2 aromatic carbocycles. The lowest BCUT2D eigenvalue weighted by Gasteiger charge is -2.30. The van der Waals surface area contributed by atoms with Gasteiger partial charge in [-0.3, -0.25) is 4.79 Å². The maximum absolute atomic E-state index is 13.3. The minimum Gasteiger partial charge on any atom is -0.398 e. The van der Waals surface area contributed by atoms with E-state index in [4.69, 9.17) is 10.3 Å². The summed E-state index contributed by atoms with van der Waals surface area (Å²) in [7, 11) is 0. The second-order valence-electron chi connectivity index (χ2n) is 8.74. The molecule has 4 rings (SSSR count). The summed E-state index contributed by atoms with van der Waals surface area (Å²) in [5, 5.41) is 4.10. The highest BCUT2D eigenvalue weighted by Crippen LogP contribution is 2.32. The number of hydrogen-bond donors (Lipinski definition) is 1. The SMILES string of the molecule is CC(C)(C)Cc1nc(-c2cccc(C(=O)N3CCCc4c(N)cccc43)c2)no1.Cl. The van der Waals surface area contributed by atoms with Gasteiger partial charge in [-0.2, -0.15) is 4.98 Å². The maximum atomic E-state index is 13.3. The number of hydrogen-bond acceptors (Lipinski definition) is 5. The minimum atomic E-state index is -0.0446. The van der Waals surface area contributed by atoms with Crippen LogP contribution in [-0.2, 0) is 12.8 Å². The van der Waals surface area contributed by atoms with Gasteiger partial charge in [0.2, 0.25) is 11.7 Å². The molecule has 0 unspecified atom stereocenters. The van der Waals surface area contributed by atoms with Crippen molar-refractivity contribution in [2.75, 3.05) is 17.2 Å². The number of carbonyl (C=O) groups is 1. The molecule has 3 aromatic rings. The third kappa shape index (κ3) is 4.49. The molecule has 0 radical (unpaired) electrons. The first-order valence-electron chi connectivity index (χ1n) is 9.94. The standard InChI is InChI=1S/C23H26N4O2.ClH/c1-23(2,3)14-20-25-21(26-29-20)15-7-4-8-16(13-15)22(28)27-12-6-9-17-18(24)10-5-11-19(17)27;/h4-5,7-8,10-11,13H,6,9,12,14,24H2,1-3H3;1H. The quantitative estimate of drug-likeness (QED) is 0.600. The molecule has 6 nitrogen and oxygen atoms in total. The molecule has 0 saturated heterocycles. The number of benzene rings is 2. The fraction of sp³-hybridized carbons (Fsp3) is 0.348. The van der Waals surface area contributed by atoms with Crippen molar-refractivity contribution < 1.29 is 9.32 Å². The molecule has 2 N–H and O–H groups in total. The molecule has 1 aliphatic heterocycles. The average Bonchev–Trinajstić information content (AvgIpc) is 3.14. The van der Waals surface area contributed by atoms with Crippen LogP contribution in [0.3, 0.4) is 0 Å².